The van der Waals surface area contributed by atoms with Crippen molar-refractivity contribution >= 4 is 35.3 Å². The smallest absolute Gasteiger partial charge is 0.408 e. The highest BCUT2D eigenvalue weighted by Crippen LogP contribution is 2.33. The van der Waals surface area contributed by atoms with Crippen LogP contribution < -0.4 is 10.6 Å². The second-order valence-electron chi connectivity index (χ2n) is 20.8. The lowest BCUT2D eigenvalue weighted by Gasteiger charge is -2.32. The molecule has 5 aromatic carbocycles. The molecule has 374 valence electrons. The first kappa shape index (κ1) is 54.7. The van der Waals surface area contributed by atoms with Crippen molar-refractivity contribution in [1.29, 1.82) is 0 Å². The largest absolute Gasteiger partial charge is 0.436 e. The highest BCUT2D eigenvalue weighted by Gasteiger charge is 2.34. The molecule has 5 aromatic rings. The summed E-state index contributed by atoms with van der Waals surface area (Å²) in [6.45, 7) is 18.2. The lowest BCUT2D eigenvalue weighted by molar-refractivity contribution is 0.0487. The predicted molar refractivity (Wildman–Crippen MR) is 267 cm³/mol. The number of amides is 2. The SMILES string of the molecule is CC(C)(O)C(=O)c1ccc(C(OC(=O)NC(C)(C)c2cccc(C(C)(C)NC(=O)OC(c3ccc(C(=O)C(C)(C)O)cc3)c3ccc(C(=O)C(C)(C)N=O)cc3)c2)c2ccc(C(=O)C(C)(C)O)cc2)cc1. The minimum atomic E-state index is -1.63. The number of carbonyl (C=O) groups excluding carboxylic acids is 6. The molecule has 1 atom stereocenters. The fraction of sp³-hybridized carbons (Fsp3) is 0.357. The number of hydrogen-bond donors (Lipinski definition) is 5. The number of nitrogens with zero attached hydrogens (tertiary/aromatic N) is 1. The average Bonchev–Trinajstić information content (AvgIpc) is 3.30. The van der Waals surface area contributed by atoms with Gasteiger partial charge in [-0.3, -0.25) is 19.2 Å². The van der Waals surface area contributed by atoms with Crippen LogP contribution in [0.1, 0.15) is 170 Å². The van der Waals surface area contributed by atoms with Crippen LogP contribution >= 0.6 is 0 Å². The first-order valence-electron chi connectivity index (χ1n) is 22.9. The molecule has 0 aromatic heterocycles. The van der Waals surface area contributed by atoms with Crippen molar-refractivity contribution in [1.82, 2.24) is 10.6 Å². The van der Waals surface area contributed by atoms with Gasteiger partial charge in [0.1, 0.15) is 16.8 Å². The number of hydrogen-bond acceptors (Lipinski definition) is 13. The Bertz CT molecular complexity index is 2720. The number of carbonyl (C=O) groups is 6. The van der Waals surface area contributed by atoms with Gasteiger partial charge in [-0.15, -0.1) is 4.91 Å². The molecule has 0 saturated heterocycles. The first-order valence-corrected chi connectivity index (χ1v) is 22.9. The van der Waals surface area contributed by atoms with Crippen molar-refractivity contribution in [3.63, 3.8) is 0 Å². The quantitative estimate of drug-likeness (QED) is 0.0384. The maximum atomic E-state index is 13.9. The van der Waals surface area contributed by atoms with Crippen LogP contribution in [0.25, 0.3) is 0 Å². The highest BCUT2D eigenvalue weighted by molar-refractivity contribution is 6.04. The molecular formula is C56H63N3O12. The summed E-state index contributed by atoms with van der Waals surface area (Å²) in [7, 11) is 0. The fourth-order valence-electron chi connectivity index (χ4n) is 7.57. The van der Waals surface area contributed by atoms with E-state index in [1.165, 1.54) is 104 Å². The number of Topliss-reactive ketones (excluding diaryl/α,β-unsaturated/α-hetero) is 4. The average molecular weight is 970 g/mol. The number of nitrogens with one attached hydrogen (secondary N) is 2. The Morgan fingerprint density at radius 2 is 0.676 bits per heavy atom. The molecule has 71 heavy (non-hydrogen) atoms. The molecule has 0 heterocycles. The van der Waals surface area contributed by atoms with Crippen LogP contribution in [0.15, 0.2) is 127 Å². The third kappa shape index (κ3) is 13.4. The standard InChI is InChI=1S/C56H63N3O12/c1-51(2,57-49(64)70-43(34-18-26-38(27-19-34)46(61)54(7,8)66)33-16-24-37(25-17-33)45(60)53(5,6)59-69)41-14-13-15-42(32-41)52(3,4)58-50(65)71-44(35-20-28-39(29-21-35)47(62)55(9,10)67)36-22-30-40(31-23-36)48(63)56(11,12)68/h13-32,43-44,66-68H,1-12H3,(H,57,64)(H,58,65). The molecule has 15 heteroatoms. The van der Waals surface area contributed by atoms with E-state index >= 15 is 0 Å². The molecule has 0 bridgehead atoms. The van der Waals surface area contributed by atoms with E-state index in [-0.39, 0.29) is 22.3 Å². The zero-order valence-corrected chi connectivity index (χ0v) is 42.2. The summed E-state index contributed by atoms with van der Waals surface area (Å²) in [5.74, 6) is -2.01. The van der Waals surface area contributed by atoms with E-state index in [1.54, 1.807) is 94.4 Å². The van der Waals surface area contributed by atoms with Gasteiger partial charge >= 0.3 is 12.2 Å². The van der Waals surface area contributed by atoms with Crippen molar-refractivity contribution in [2.45, 2.75) is 129 Å². The third-order valence-electron chi connectivity index (χ3n) is 11.9. The summed E-state index contributed by atoms with van der Waals surface area (Å²) in [5.41, 5.74) is -4.40. The van der Waals surface area contributed by atoms with Crippen LogP contribution in [0, 0.1) is 4.91 Å². The van der Waals surface area contributed by atoms with Gasteiger partial charge in [0.05, 0.1) is 11.1 Å². The van der Waals surface area contributed by atoms with Gasteiger partial charge in [0, 0.05) is 22.3 Å². The van der Waals surface area contributed by atoms with Gasteiger partial charge in [-0.2, -0.15) is 0 Å². The topological polar surface area (TPSA) is 235 Å². The number of ketones is 4. The van der Waals surface area contributed by atoms with Gasteiger partial charge in [0.15, 0.2) is 40.9 Å². The Morgan fingerprint density at radius 1 is 0.423 bits per heavy atom. The molecule has 2 amide bonds. The van der Waals surface area contributed by atoms with Crippen LogP contribution in [0.4, 0.5) is 9.59 Å². The van der Waals surface area contributed by atoms with E-state index in [0.717, 1.165) is 0 Å². The molecule has 0 aliphatic carbocycles. The van der Waals surface area contributed by atoms with Crippen molar-refractivity contribution < 1.29 is 53.6 Å². The number of rotatable bonds is 19. The fourth-order valence-corrected chi connectivity index (χ4v) is 7.57. The minimum absolute atomic E-state index is 0.222. The second-order valence-corrected chi connectivity index (χ2v) is 20.8. The van der Waals surface area contributed by atoms with Crippen molar-refractivity contribution in [3.05, 3.63) is 182 Å². The molecule has 0 saturated carbocycles. The van der Waals surface area contributed by atoms with E-state index in [1.807, 2.05) is 6.07 Å². The first-order chi connectivity index (χ1) is 32.7. The predicted octanol–water partition coefficient (Wildman–Crippen LogP) is 9.78. The molecule has 0 fully saturated rings. The van der Waals surface area contributed by atoms with Gasteiger partial charge in [-0.05, 0) is 116 Å². The van der Waals surface area contributed by atoms with Crippen LogP contribution in [0.3, 0.4) is 0 Å². The Labute approximate surface area is 414 Å². The molecule has 0 aliphatic heterocycles. The Kier molecular flexibility index (Phi) is 15.9. The zero-order chi connectivity index (χ0) is 53.1. The lowest BCUT2D eigenvalue weighted by atomic mass is 9.87. The third-order valence-corrected chi connectivity index (χ3v) is 11.9. The molecule has 1 unspecified atom stereocenters. The molecule has 0 spiro atoms. The second kappa shape index (κ2) is 20.6. The summed E-state index contributed by atoms with van der Waals surface area (Å²) < 4.78 is 12.2. The van der Waals surface area contributed by atoms with Gasteiger partial charge in [0.2, 0.25) is 0 Å². The summed E-state index contributed by atoms with van der Waals surface area (Å²) in [5, 5.41) is 39.8. The number of alkyl carbamates (subject to hydrolysis) is 2. The van der Waals surface area contributed by atoms with Crippen LogP contribution in [0.5, 0.6) is 0 Å². The van der Waals surface area contributed by atoms with Crippen molar-refractivity contribution in [2.24, 2.45) is 5.18 Å². The van der Waals surface area contributed by atoms with Crippen LogP contribution in [0.2, 0.25) is 0 Å². The zero-order valence-electron chi connectivity index (χ0n) is 42.2. The minimum Gasteiger partial charge on any atom is -0.436 e. The number of benzene rings is 5. The number of ether oxygens (including phenoxy) is 2. The van der Waals surface area contributed by atoms with E-state index in [4.69, 9.17) is 9.47 Å². The Hall–Kier alpha value is -7.20. The van der Waals surface area contributed by atoms with Crippen molar-refractivity contribution in [2.75, 3.05) is 0 Å². The van der Waals surface area contributed by atoms with E-state index in [2.05, 4.69) is 15.8 Å². The summed E-state index contributed by atoms with van der Waals surface area (Å²) >= 11 is 0. The normalized spacial score (nSPS) is 12.9. The van der Waals surface area contributed by atoms with Crippen molar-refractivity contribution in [3.8, 4) is 0 Å². The Balaban J connectivity index is 1.39. The summed E-state index contributed by atoms with van der Waals surface area (Å²) in [6.07, 6.45) is -3.72. The monoisotopic (exact) mass is 969 g/mol. The summed E-state index contributed by atoms with van der Waals surface area (Å²) in [4.78, 5) is 90.7. The van der Waals surface area contributed by atoms with E-state index < -0.39 is 80.9 Å². The number of nitroso groups, excluding NO2 is 1. The van der Waals surface area contributed by atoms with Crippen LogP contribution in [-0.4, -0.2) is 73.0 Å². The van der Waals surface area contributed by atoms with Gasteiger partial charge in [0.25, 0.3) is 0 Å². The lowest BCUT2D eigenvalue weighted by Crippen LogP contribution is -2.43. The molecule has 5 rings (SSSR count). The molecule has 15 nitrogen and oxygen atoms in total. The molecule has 0 aliphatic rings. The van der Waals surface area contributed by atoms with Gasteiger partial charge in [-0.1, -0.05) is 127 Å². The van der Waals surface area contributed by atoms with Gasteiger partial charge < -0.3 is 35.4 Å². The maximum Gasteiger partial charge on any atom is 0.408 e. The van der Waals surface area contributed by atoms with Gasteiger partial charge in [-0.25, -0.2) is 9.59 Å². The van der Waals surface area contributed by atoms with Crippen LogP contribution in [-0.2, 0) is 20.6 Å². The highest BCUT2D eigenvalue weighted by atomic mass is 16.6. The Morgan fingerprint density at radius 3 is 0.915 bits per heavy atom. The number of aliphatic hydroxyl groups is 3. The molecular weight excluding hydrogens is 907 g/mol. The van der Waals surface area contributed by atoms with E-state index in [0.29, 0.717) is 33.4 Å². The molecule has 0 radical (unpaired) electrons. The molecule has 5 N–H and O–H groups in total. The van der Waals surface area contributed by atoms with E-state index in [9.17, 15) is 49.0 Å². The maximum absolute atomic E-state index is 13.9. The summed E-state index contributed by atoms with van der Waals surface area (Å²) in [6, 6.07) is 32.1.